The van der Waals surface area contributed by atoms with Crippen LogP contribution in [0.5, 0.6) is 0 Å². The van der Waals surface area contributed by atoms with Gasteiger partial charge >= 0.3 is 0 Å². The van der Waals surface area contributed by atoms with E-state index in [0.717, 1.165) is 32.1 Å². The van der Waals surface area contributed by atoms with Crippen LogP contribution in [0, 0.1) is 17.8 Å². The summed E-state index contributed by atoms with van der Waals surface area (Å²) in [4.78, 5) is 0. The van der Waals surface area contributed by atoms with Gasteiger partial charge in [0.1, 0.15) is 0 Å². The molecule has 0 fully saturated rings. The van der Waals surface area contributed by atoms with Gasteiger partial charge in [-0.3, -0.25) is 0 Å². The molecule has 22 heavy (non-hydrogen) atoms. The Morgan fingerprint density at radius 1 is 0.909 bits per heavy atom. The fourth-order valence-corrected chi connectivity index (χ4v) is 4.14. The third-order valence-electron chi connectivity index (χ3n) is 4.05. The number of thiol groups is 2. The highest BCUT2D eigenvalue weighted by molar-refractivity contribution is 7.82. The molecule has 0 heterocycles. The van der Waals surface area contributed by atoms with E-state index in [0.29, 0.717) is 0 Å². The largest absolute Gasteiger partial charge is 0.173 e. The van der Waals surface area contributed by atoms with Crippen LogP contribution in [-0.2, 0) is 0 Å². The quantitative estimate of drug-likeness (QED) is 0.177. The molecule has 0 amide bonds. The van der Waals surface area contributed by atoms with Gasteiger partial charge in [0.25, 0.3) is 0 Å². The maximum absolute atomic E-state index is 5.29. The van der Waals surface area contributed by atoms with Crippen LogP contribution in [0.15, 0.2) is 12.2 Å². The van der Waals surface area contributed by atoms with E-state index in [4.69, 9.17) is 31.7 Å². The Labute approximate surface area is 150 Å². The van der Waals surface area contributed by atoms with Crippen molar-refractivity contribution in [3.63, 3.8) is 0 Å². The first kappa shape index (κ1) is 22.0. The number of allylic oxidation sites excluding steroid dienone is 1. The predicted molar refractivity (Wildman–Crippen MR) is 109 cm³/mol. The third kappa shape index (κ3) is 10.7. The van der Waals surface area contributed by atoms with Gasteiger partial charge in [0.15, 0.2) is 0 Å². The molecule has 0 aromatic rings. The van der Waals surface area contributed by atoms with Crippen LogP contribution >= 0.6 is 25.3 Å². The van der Waals surface area contributed by atoms with Crippen molar-refractivity contribution in [3.8, 4) is 12.3 Å². The number of rotatable bonds is 11. The van der Waals surface area contributed by atoms with Crippen LogP contribution in [0.3, 0.4) is 0 Å². The van der Waals surface area contributed by atoms with Gasteiger partial charge in [-0.25, -0.2) is 0 Å². The summed E-state index contributed by atoms with van der Waals surface area (Å²) in [5.41, 5.74) is 1.45. The summed E-state index contributed by atoms with van der Waals surface area (Å²) < 4.78 is 0.00697. The molecule has 0 saturated carbocycles. The van der Waals surface area contributed by atoms with E-state index in [9.17, 15) is 0 Å². The first-order chi connectivity index (χ1) is 9.90. The number of unbranched alkanes of at least 4 members (excludes halogenated alkanes) is 4. The molecule has 0 radical (unpaired) electrons. The Hall–Kier alpha value is -0.000000000000000111. The minimum absolute atomic E-state index is 0.00349. The Kier molecular flexibility index (Phi) is 9.33. The highest BCUT2D eigenvalue weighted by Gasteiger charge is 2.36. The molecule has 2 heteroatoms. The van der Waals surface area contributed by atoms with E-state index in [1.165, 1.54) is 24.8 Å². The molecule has 0 atom stereocenters. The minimum atomic E-state index is 0.00349. The SMILES string of the molecule is C#CCCCCCCC(=C)C(C)(CC(C)(C)S)CC(C)(C)S. The van der Waals surface area contributed by atoms with Gasteiger partial charge in [-0.1, -0.05) is 59.6 Å². The maximum atomic E-state index is 5.29. The molecule has 0 spiro atoms. The Bertz CT molecular complexity index is 358. The lowest BCUT2D eigenvalue weighted by Crippen LogP contribution is -2.33. The summed E-state index contributed by atoms with van der Waals surface area (Å²) in [6, 6.07) is 0. The number of hydrogen-bond acceptors (Lipinski definition) is 2. The minimum Gasteiger partial charge on any atom is -0.173 e. The average molecular weight is 341 g/mol. The van der Waals surface area contributed by atoms with E-state index in [1.807, 2.05) is 0 Å². The molecule has 0 aromatic heterocycles. The highest BCUT2D eigenvalue weighted by Crippen LogP contribution is 2.46. The van der Waals surface area contributed by atoms with Crippen LogP contribution in [0.4, 0.5) is 0 Å². The van der Waals surface area contributed by atoms with E-state index < -0.39 is 0 Å². The fraction of sp³-hybridized carbons (Fsp3) is 0.800. The second-order valence-electron chi connectivity index (χ2n) is 8.26. The molecule has 0 unspecified atom stereocenters. The topological polar surface area (TPSA) is 0 Å². The smallest absolute Gasteiger partial charge is 0.00860 e. The van der Waals surface area contributed by atoms with Crippen molar-refractivity contribution in [3.05, 3.63) is 12.2 Å². The lowest BCUT2D eigenvalue weighted by Gasteiger charge is -2.41. The Morgan fingerprint density at radius 3 is 1.77 bits per heavy atom. The molecule has 0 aromatic carbocycles. The summed E-state index contributed by atoms with van der Waals surface area (Å²) in [5.74, 6) is 2.71. The highest BCUT2D eigenvalue weighted by atomic mass is 32.1. The van der Waals surface area contributed by atoms with Crippen LogP contribution in [-0.4, -0.2) is 9.49 Å². The molecule has 0 aliphatic rings. The van der Waals surface area contributed by atoms with Gasteiger partial charge in [0, 0.05) is 15.9 Å². The van der Waals surface area contributed by atoms with E-state index in [2.05, 4.69) is 47.1 Å². The van der Waals surface area contributed by atoms with Crippen molar-refractivity contribution in [2.45, 2.75) is 95.5 Å². The number of hydrogen-bond donors (Lipinski definition) is 2. The van der Waals surface area contributed by atoms with Crippen molar-refractivity contribution in [1.82, 2.24) is 0 Å². The normalized spacial score (nSPS) is 13.0. The second-order valence-corrected chi connectivity index (χ2v) is 10.7. The molecule has 0 aliphatic carbocycles. The maximum Gasteiger partial charge on any atom is 0.00860 e. The molecular weight excluding hydrogens is 304 g/mol. The average Bonchev–Trinajstić information content (AvgIpc) is 2.28. The van der Waals surface area contributed by atoms with Crippen molar-refractivity contribution < 1.29 is 0 Å². The second kappa shape index (κ2) is 9.33. The van der Waals surface area contributed by atoms with Crippen LogP contribution in [0.1, 0.15) is 86.0 Å². The summed E-state index contributed by atoms with van der Waals surface area (Å²) in [5, 5.41) is 0. The molecule has 128 valence electrons. The lowest BCUT2D eigenvalue weighted by atomic mass is 9.69. The predicted octanol–water partition coefficient (Wildman–Crippen LogP) is 6.72. The van der Waals surface area contributed by atoms with Gasteiger partial charge in [0.2, 0.25) is 0 Å². The van der Waals surface area contributed by atoms with Crippen LogP contribution < -0.4 is 0 Å². The Balaban J connectivity index is 4.61. The zero-order valence-electron chi connectivity index (χ0n) is 15.3. The zero-order valence-corrected chi connectivity index (χ0v) is 17.1. The molecule has 0 bridgehead atoms. The van der Waals surface area contributed by atoms with Gasteiger partial charge in [-0.15, -0.1) is 12.3 Å². The van der Waals surface area contributed by atoms with Crippen molar-refractivity contribution in [1.29, 1.82) is 0 Å². The van der Waals surface area contributed by atoms with E-state index >= 15 is 0 Å². The third-order valence-corrected chi connectivity index (χ3v) is 4.36. The summed E-state index contributed by atoms with van der Waals surface area (Å²) in [6.07, 6.45) is 14.2. The molecule has 0 saturated heterocycles. The summed E-state index contributed by atoms with van der Waals surface area (Å²) in [7, 11) is 0. The van der Waals surface area contributed by atoms with E-state index in [1.54, 1.807) is 0 Å². The van der Waals surface area contributed by atoms with Crippen LogP contribution in [0.25, 0.3) is 0 Å². The molecular formula is C20H36S2. The molecule has 0 aliphatic heterocycles. The summed E-state index contributed by atoms with van der Waals surface area (Å²) >= 11 is 9.51. The van der Waals surface area contributed by atoms with Gasteiger partial charge in [-0.05, 0) is 37.5 Å². The van der Waals surface area contributed by atoms with Gasteiger partial charge in [-0.2, -0.15) is 25.3 Å². The standard InChI is InChI=1S/C20H36S2/c1-8-9-10-11-12-13-14-17(2)20(7,15-18(3,4)21)16-19(5,6)22/h1,21-22H,2,9-16H2,3-7H3. The molecule has 0 nitrogen and oxygen atoms in total. The van der Waals surface area contributed by atoms with Gasteiger partial charge in [0.05, 0.1) is 0 Å². The first-order valence-electron chi connectivity index (χ1n) is 8.46. The van der Waals surface area contributed by atoms with Crippen molar-refractivity contribution in [2.24, 2.45) is 5.41 Å². The fourth-order valence-electron chi connectivity index (χ4n) is 3.44. The molecule has 0 N–H and O–H groups in total. The summed E-state index contributed by atoms with van der Waals surface area (Å²) in [6.45, 7) is 15.5. The monoisotopic (exact) mass is 340 g/mol. The van der Waals surface area contributed by atoms with Crippen molar-refractivity contribution in [2.75, 3.05) is 0 Å². The lowest BCUT2D eigenvalue weighted by molar-refractivity contribution is 0.274. The Morgan fingerprint density at radius 2 is 1.36 bits per heavy atom. The van der Waals surface area contributed by atoms with Crippen LogP contribution in [0.2, 0.25) is 0 Å². The van der Waals surface area contributed by atoms with E-state index in [-0.39, 0.29) is 14.9 Å². The molecule has 0 rings (SSSR count). The van der Waals surface area contributed by atoms with Gasteiger partial charge < -0.3 is 0 Å². The zero-order chi connectivity index (χ0) is 17.4. The van der Waals surface area contributed by atoms with Crippen molar-refractivity contribution >= 4 is 25.3 Å². The number of terminal acetylenes is 1. The first-order valence-corrected chi connectivity index (χ1v) is 9.36.